The number of benzene rings is 1. The standard InChI is InChI=1S/C23H27ClF2N4O3/c1-15(16-9-6-5-7-10-16)30(22(31)33-23(2,3)4)32-12-8-11-18-20-17(13-19(24)28-18)14-27-29(20)21(25)26/h5-7,9-10,13-15,21H,8,11-12H2,1-4H3. The van der Waals surface area contributed by atoms with Gasteiger partial charge in [0.2, 0.25) is 0 Å². The maximum Gasteiger partial charge on any atom is 0.435 e. The first-order valence-corrected chi connectivity index (χ1v) is 11.0. The van der Waals surface area contributed by atoms with Crippen molar-refractivity contribution in [2.75, 3.05) is 6.61 Å². The van der Waals surface area contributed by atoms with Crippen molar-refractivity contribution in [3.63, 3.8) is 0 Å². The van der Waals surface area contributed by atoms with Crippen molar-refractivity contribution < 1.29 is 23.1 Å². The molecule has 0 aliphatic carbocycles. The summed E-state index contributed by atoms with van der Waals surface area (Å²) < 4.78 is 32.8. The van der Waals surface area contributed by atoms with E-state index in [1.165, 1.54) is 17.3 Å². The Bertz CT molecular complexity index is 1090. The molecule has 7 nitrogen and oxygen atoms in total. The molecule has 1 unspecified atom stereocenters. The molecule has 0 fully saturated rings. The second kappa shape index (κ2) is 10.4. The van der Waals surface area contributed by atoms with E-state index in [9.17, 15) is 13.6 Å². The van der Waals surface area contributed by atoms with E-state index in [2.05, 4.69) is 10.1 Å². The van der Waals surface area contributed by atoms with E-state index in [1.807, 2.05) is 37.3 Å². The van der Waals surface area contributed by atoms with E-state index in [4.69, 9.17) is 21.2 Å². The number of pyridine rings is 1. The molecule has 2 aromatic heterocycles. The zero-order chi connectivity index (χ0) is 24.2. The van der Waals surface area contributed by atoms with Crippen molar-refractivity contribution in [1.82, 2.24) is 19.8 Å². The van der Waals surface area contributed by atoms with Crippen molar-refractivity contribution in [3.05, 3.63) is 59.0 Å². The predicted molar refractivity (Wildman–Crippen MR) is 121 cm³/mol. The fourth-order valence-corrected chi connectivity index (χ4v) is 3.56. The van der Waals surface area contributed by atoms with Crippen LogP contribution in [0, 0.1) is 0 Å². The summed E-state index contributed by atoms with van der Waals surface area (Å²) in [4.78, 5) is 22.8. The van der Waals surface area contributed by atoms with Crippen LogP contribution < -0.4 is 0 Å². The van der Waals surface area contributed by atoms with Gasteiger partial charge in [0.05, 0.1) is 30.1 Å². The van der Waals surface area contributed by atoms with Crippen LogP contribution in [0.25, 0.3) is 10.9 Å². The predicted octanol–water partition coefficient (Wildman–Crippen LogP) is 6.34. The highest BCUT2D eigenvalue weighted by molar-refractivity contribution is 6.30. The van der Waals surface area contributed by atoms with Gasteiger partial charge in [0, 0.05) is 5.39 Å². The van der Waals surface area contributed by atoms with E-state index < -0.39 is 24.3 Å². The van der Waals surface area contributed by atoms with E-state index in [1.54, 1.807) is 20.8 Å². The third-order valence-electron chi connectivity index (χ3n) is 4.79. The number of amides is 1. The van der Waals surface area contributed by atoms with Gasteiger partial charge >= 0.3 is 12.6 Å². The lowest BCUT2D eigenvalue weighted by atomic mass is 10.1. The van der Waals surface area contributed by atoms with Gasteiger partial charge in [0.25, 0.3) is 0 Å². The van der Waals surface area contributed by atoms with Gasteiger partial charge < -0.3 is 4.74 Å². The molecule has 0 spiro atoms. The SMILES string of the molecule is CC(c1ccccc1)N(OCCCc1nc(Cl)cc2cnn(C(F)F)c12)C(=O)OC(C)(C)C. The topological polar surface area (TPSA) is 69.5 Å². The van der Waals surface area contributed by atoms with Gasteiger partial charge in [-0.15, -0.1) is 0 Å². The van der Waals surface area contributed by atoms with Crippen LogP contribution in [0.1, 0.15) is 58.0 Å². The first-order valence-electron chi connectivity index (χ1n) is 10.6. The Morgan fingerprint density at radius 3 is 2.58 bits per heavy atom. The number of hydrogen-bond donors (Lipinski definition) is 0. The summed E-state index contributed by atoms with van der Waals surface area (Å²) in [6.07, 6.45) is 1.42. The van der Waals surface area contributed by atoms with E-state index in [-0.39, 0.29) is 17.3 Å². The number of fused-ring (bicyclic) bond motifs is 1. The van der Waals surface area contributed by atoms with Crippen LogP contribution in [0.15, 0.2) is 42.6 Å². The quantitative estimate of drug-likeness (QED) is 0.214. The van der Waals surface area contributed by atoms with Gasteiger partial charge in [-0.25, -0.2) is 14.5 Å². The van der Waals surface area contributed by atoms with Crippen LogP contribution in [0.2, 0.25) is 5.15 Å². The van der Waals surface area contributed by atoms with Gasteiger partial charge in [0.15, 0.2) is 0 Å². The maximum atomic E-state index is 13.3. The van der Waals surface area contributed by atoms with Crippen LogP contribution in [-0.2, 0) is 16.0 Å². The molecule has 178 valence electrons. The Kier molecular flexibility index (Phi) is 7.86. The fourth-order valence-electron chi connectivity index (χ4n) is 3.34. The Morgan fingerprint density at radius 2 is 1.94 bits per heavy atom. The van der Waals surface area contributed by atoms with E-state index in [0.29, 0.717) is 28.6 Å². The average molecular weight is 481 g/mol. The second-order valence-corrected chi connectivity index (χ2v) is 8.91. The van der Waals surface area contributed by atoms with Crippen molar-refractivity contribution in [2.24, 2.45) is 0 Å². The van der Waals surface area contributed by atoms with E-state index in [0.717, 1.165) is 5.56 Å². The molecule has 2 heterocycles. The average Bonchev–Trinajstić information content (AvgIpc) is 3.16. The molecule has 0 aliphatic heterocycles. The molecule has 0 N–H and O–H groups in total. The van der Waals surface area contributed by atoms with Gasteiger partial charge in [0.1, 0.15) is 10.8 Å². The molecular weight excluding hydrogens is 454 g/mol. The number of halogens is 3. The van der Waals surface area contributed by atoms with Gasteiger partial charge in [-0.3, -0.25) is 4.84 Å². The van der Waals surface area contributed by atoms with Crippen LogP contribution >= 0.6 is 11.6 Å². The lowest BCUT2D eigenvalue weighted by molar-refractivity contribution is -0.169. The summed E-state index contributed by atoms with van der Waals surface area (Å²) in [7, 11) is 0. The molecule has 3 aromatic rings. The first kappa shape index (κ1) is 24.9. The van der Waals surface area contributed by atoms with Crippen molar-refractivity contribution in [1.29, 1.82) is 0 Å². The van der Waals surface area contributed by atoms with Gasteiger partial charge in [-0.2, -0.15) is 18.9 Å². The molecule has 33 heavy (non-hydrogen) atoms. The third-order valence-corrected chi connectivity index (χ3v) is 4.99. The summed E-state index contributed by atoms with van der Waals surface area (Å²) in [5, 5.41) is 5.61. The Morgan fingerprint density at radius 1 is 1.24 bits per heavy atom. The highest BCUT2D eigenvalue weighted by Crippen LogP contribution is 2.27. The smallest absolute Gasteiger partial charge is 0.435 e. The van der Waals surface area contributed by atoms with Crippen LogP contribution in [0.3, 0.4) is 0 Å². The Labute approximate surface area is 196 Å². The highest BCUT2D eigenvalue weighted by atomic mass is 35.5. The first-order chi connectivity index (χ1) is 15.6. The number of aryl methyl sites for hydroxylation is 1. The number of hydrogen-bond acceptors (Lipinski definition) is 5. The monoisotopic (exact) mass is 480 g/mol. The summed E-state index contributed by atoms with van der Waals surface area (Å²) in [5.74, 6) is 0. The molecule has 0 radical (unpaired) electrons. The molecular formula is C23H27ClF2N4O3. The minimum absolute atomic E-state index is 0.134. The van der Waals surface area contributed by atoms with E-state index >= 15 is 0 Å². The number of aromatic nitrogens is 3. The summed E-state index contributed by atoms with van der Waals surface area (Å²) in [5.41, 5.74) is 0.802. The molecule has 10 heteroatoms. The number of carbonyl (C=O) groups is 1. The zero-order valence-corrected chi connectivity index (χ0v) is 19.7. The number of hydroxylamine groups is 2. The summed E-state index contributed by atoms with van der Waals surface area (Å²) >= 11 is 6.05. The van der Waals surface area contributed by atoms with Crippen molar-refractivity contribution >= 4 is 28.6 Å². The third kappa shape index (κ3) is 6.39. The molecule has 1 atom stereocenters. The van der Waals surface area contributed by atoms with Crippen LogP contribution in [-0.4, -0.2) is 38.1 Å². The molecule has 1 aromatic carbocycles. The lowest BCUT2D eigenvalue weighted by Gasteiger charge is -2.31. The second-order valence-electron chi connectivity index (χ2n) is 8.53. The number of alkyl halides is 2. The van der Waals surface area contributed by atoms with Crippen LogP contribution in [0.4, 0.5) is 13.6 Å². The minimum Gasteiger partial charge on any atom is -0.442 e. The molecule has 0 bridgehead atoms. The van der Waals surface area contributed by atoms with Crippen LogP contribution in [0.5, 0.6) is 0 Å². The normalized spacial score (nSPS) is 12.8. The summed E-state index contributed by atoms with van der Waals surface area (Å²) in [6, 6.07) is 10.5. The Balaban J connectivity index is 1.73. The van der Waals surface area contributed by atoms with Gasteiger partial charge in [-0.1, -0.05) is 41.9 Å². The van der Waals surface area contributed by atoms with Gasteiger partial charge in [-0.05, 0) is 52.2 Å². The minimum atomic E-state index is -2.80. The molecule has 3 rings (SSSR count). The lowest BCUT2D eigenvalue weighted by Crippen LogP contribution is -2.38. The molecule has 0 saturated heterocycles. The zero-order valence-electron chi connectivity index (χ0n) is 19.0. The largest absolute Gasteiger partial charge is 0.442 e. The Hall–Kier alpha value is -2.78. The molecule has 0 saturated carbocycles. The van der Waals surface area contributed by atoms with Crippen molar-refractivity contribution in [2.45, 2.75) is 58.7 Å². The number of rotatable bonds is 8. The highest BCUT2D eigenvalue weighted by Gasteiger charge is 2.28. The molecule has 1 amide bonds. The van der Waals surface area contributed by atoms with Crippen molar-refractivity contribution in [3.8, 4) is 0 Å². The number of ether oxygens (including phenoxy) is 1. The maximum absolute atomic E-state index is 13.3. The fraction of sp³-hybridized carbons (Fsp3) is 0.435. The number of carbonyl (C=O) groups excluding carboxylic acids is 1. The number of nitrogens with zero attached hydrogens (tertiary/aromatic N) is 4. The molecule has 0 aliphatic rings. The summed E-state index contributed by atoms with van der Waals surface area (Å²) in [6.45, 7) is 4.50.